The zero-order valence-electron chi connectivity index (χ0n) is 17.1. The molecule has 0 spiro atoms. The molecule has 0 aliphatic heterocycles. The summed E-state index contributed by atoms with van der Waals surface area (Å²) in [4.78, 5) is 16.8. The molecular weight excluding hydrogens is 411 g/mol. The van der Waals surface area contributed by atoms with Gasteiger partial charge in [-0.25, -0.2) is 4.98 Å². The second-order valence-electron chi connectivity index (χ2n) is 9.21. The van der Waals surface area contributed by atoms with Crippen LogP contribution in [0.15, 0.2) is 36.8 Å². The first-order valence-electron chi connectivity index (χ1n) is 10.4. The molecule has 2 bridgehead atoms. The van der Waals surface area contributed by atoms with Gasteiger partial charge in [-0.05, 0) is 26.2 Å². The lowest BCUT2D eigenvalue weighted by Crippen LogP contribution is -2.78. The Kier molecular flexibility index (Phi) is 4.67. The van der Waals surface area contributed by atoms with Crippen LogP contribution < -0.4 is 5.32 Å². The quantitative estimate of drug-likeness (QED) is 0.721. The third-order valence-electron chi connectivity index (χ3n) is 6.69. The molecule has 2 aromatic rings. The molecule has 166 valence electrons. The number of aromatic nitrogens is 2. The Morgan fingerprint density at radius 1 is 1.19 bits per heavy atom. The SMILES string of the molecule is Cc1ccc(-c2cn(C34CC(NC(=O)COC5CC(OC(F)(F)F)C5)(C3)C4)cn2)cc1. The fourth-order valence-corrected chi connectivity index (χ4v) is 5.06. The maximum Gasteiger partial charge on any atom is 0.522 e. The number of imidazole rings is 1. The minimum atomic E-state index is -4.62. The number of amides is 1. The van der Waals surface area contributed by atoms with E-state index in [0.717, 1.165) is 30.5 Å². The minimum absolute atomic E-state index is 0.0141. The van der Waals surface area contributed by atoms with Gasteiger partial charge in [-0.15, -0.1) is 13.2 Å². The second kappa shape index (κ2) is 7.06. The van der Waals surface area contributed by atoms with Gasteiger partial charge in [-0.2, -0.15) is 0 Å². The van der Waals surface area contributed by atoms with Crippen LogP contribution >= 0.6 is 0 Å². The molecule has 4 saturated carbocycles. The van der Waals surface area contributed by atoms with Gasteiger partial charge in [0.15, 0.2) is 0 Å². The van der Waals surface area contributed by atoms with Crippen LogP contribution in [0.25, 0.3) is 11.3 Å². The van der Waals surface area contributed by atoms with E-state index in [1.807, 2.05) is 13.3 Å². The van der Waals surface area contributed by atoms with Gasteiger partial charge >= 0.3 is 6.36 Å². The van der Waals surface area contributed by atoms with Crippen molar-refractivity contribution in [2.75, 3.05) is 6.61 Å². The summed E-state index contributed by atoms with van der Waals surface area (Å²) in [5.41, 5.74) is 3.03. The summed E-state index contributed by atoms with van der Waals surface area (Å²) >= 11 is 0. The van der Waals surface area contributed by atoms with E-state index in [9.17, 15) is 18.0 Å². The van der Waals surface area contributed by atoms with E-state index in [4.69, 9.17) is 4.74 Å². The number of nitrogens with one attached hydrogen (secondary N) is 1. The molecule has 6 nitrogen and oxygen atoms in total. The fourth-order valence-electron chi connectivity index (χ4n) is 5.06. The molecule has 4 fully saturated rings. The Morgan fingerprint density at radius 3 is 2.52 bits per heavy atom. The number of hydrogen-bond acceptors (Lipinski definition) is 4. The Labute approximate surface area is 177 Å². The van der Waals surface area contributed by atoms with Crippen molar-refractivity contribution >= 4 is 5.91 Å². The summed E-state index contributed by atoms with van der Waals surface area (Å²) in [5, 5.41) is 3.04. The van der Waals surface area contributed by atoms with Crippen molar-refractivity contribution < 1.29 is 27.4 Å². The van der Waals surface area contributed by atoms with Crippen LogP contribution in [0.5, 0.6) is 0 Å². The van der Waals surface area contributed by atoms with Gasteiger partial charge in [-0.3, -0.25) is 9.53 Å². The van der Waals surface area contributed by atoms with Crippen molar-refractivity contribution in [3.05, 3.63) is 42.4 Å². The fraction of sp³-hybridized carbons (Fsp3) is 0.545. The van der Waals surface area contributed by atoms with Crippen LogP contribution in [0.1, 0.15) is 37.7 Å². The van der Waals surface area contributed by atoms with Crippen molar-refractivity contribution in [2.24, 2.45) is 0 Å². The first-order chi connectivity index (χ1) is 14.6. The summed E-state index contributed by atoms with van der Waals surface area (Å²) in [6, 6.07) is 8.25. The van der Waals surface area contributed by atoms with Crippen molar-refractivity contribution in [2.45, 2.75) is 68.7 Å². The number of aryl methyl sites for hydroxylation is 1. The van der Waals surface area contributed by atoms with Crippen molar-refractivity contribution in [3.63, 3.8) is 0 Å². The highest BCUT2D eigenvalue weighted by molar-refractivity contribution is 5.79. The Balaban J connectivity index is 1.06. The molecule has 0 atom stereocenters. The van der Waals surface area contributed by atoms with Gasteiger partial charge in [0.25, 0.3) is 0 Å². The van der Waals surface area contributed by atoms with Crippen molar-refractivity contribution in [3.8, 4) is 11.3 Å². The average Bonchev–Trinajstić information content (AvgIpc) is 3.08. The number of carbonyl (C=O) groups is 1. The minimum Gasteiger partial charge on any atom is -0.368 e. The highest BCUT2D eigenvalue weighted by Gasteiger charge is 2.69. The third-order valence-corrected chi connectivity index (χ3v) is 6.69. The largest absolute Gasteiger partial charge is 0.522 e. The molecule has 1 aromatic carbocycles. The smallest absolute Gasteiger partial charge is 0.368 e. The predicted molar refractivity (Wildman–Crippen MR) is 105 cm³/mol. The molecule has 0 radical (unpaired) electrons. The molecule has 6 rings (SSSR count). The van der Waals surface area contributed by atoms with Crippen LogP contribution in [-0.4, -0.2) is 46.2 Å². The Bertz CT molecular complexity index is 960. The normalized spacial score (nSPS) is 31.4. The first kappa shape index (κ1) is 20.5. The summed E-state index contributed by atoms with van der Waals surface area (Å²) < 4.78 is 47.9. The standard InChI is InChI=1S/C22H24F3N3O3/c1-14-2-4-15(5-3-14)18-8-28(13-26-18)21-10-20(11-21,12-21)27-19(29)9-30-16-6-17(7-16)31-22(23,24)25/h2-5,8,13,16-17H,6-7,9-12H2,1H3,(H,27,29). The maximum absolute atomic E-state index is 12.2. The van der Waals surface area contributed by atoms with E-state index < -0.39 is 12.5 Å². The summed E-state index contributed by atoms with van der Waals surface area (Å²) in [6.45, 7) is 1.91. The number of carbonyl (C=O) groups excluding carboxylic acids is 1. The van der Waals surface area contributed by atoms with Crippen LogP contribution in [-0.2, 0) is 19.8 Å². The van der Waals surface area contributed by atoms with Gasteiger partial charge in [0, 0.05) is 30.1 Å². The number of rotatable bonds is 7. The number of ether oxygens (including phenoxy) is 2. The molecule has 0 unspecified atom stereocenters. The molecule has 4 aliphatic rings. The van der Waals surface area contributed by atoms with E-state index in [1.165, 1.54) is 5.56 Å². The average molecular weight is 435 g/mol. The zero-order valence-corrected chi connectivity index (χ0v) is 17.1. The van der Waals surface area contributed by atoms with Gasteiger partial charge in [0.1, 0.15) is 6.61 Å². The third kappa shape index (κ3) is 3.96. The number of halogens is 3. The van der Waals surface area contributed by atoms with E-state index in [2.05, 4.69) is 50.1 Å². The van der Waals surface area contributed by atoms with Gasteiger partial charge in [0.05, 0.1) is 29.8 Å². The van der Waals surface area contributed by atoms with Crippen LogP contribution in [0.3, 0.4) is 0 Å². The van der Waals surface area contributed by atoms with Crippen LogP contribution in [0.4, 0.5) is 13.2 Å². The Morgan fingerprint density at radius 2 is 1.87 bits per heavy atom. The van der Waals surface area contributed by atoms with Gasteiger partial charge in [-0.1, -0.05) is 29.8 Å². The number of nitrogens with zero attached hydrogens (tertiary/aromatic N) is 2. The number of benzene rings is 1. The van der Waals surface area contributed by atoms with Crippen molar-refractivity contribution in [1.82, 2.24) is 14.9 Å². The summed E-state index contributed by atoms with van der Waals surface area (Å²) in [5.74, 6) is -0.223. The molecule has 9 heteroatoms. The highest BCUT2D eigenvalue weighted by Crippen LogP contribution is 2.65. The van der Waals surface area contributed by atoms with Gasteiger partial charge < -0.3 is 14.6 Å². The molecule has 1 heterocycles. The zero-order chi connectivity index (χ0) is 21.9. The molecule has 4 aliphatic carbocycles. The van der Waals surface area contributed by atoms with Crippen LogP contribution in [0.2, 0.25) is 0 Å². The highest BCUT2D eigenvalue weighted by atomic mass is 19.4. The van der Waals surface area contributed by atoms with Crippen molar-refractivity contribution in [1.29, 1.82) is 0 Å². The van der Waals surface area contributed by atoms with E-state index >= 15 is 0 Å². The monoisotopic (exact) mass is 435 g/mol. The van der Waals surface area contributed by atoms with E-state index in [1.54, 1.807) is 0 Å². The molecule has 1 aromatic heterocycles. The second-order valence-corrected chi connectivity index (χ2v) is 9.21. The molecular formula is C22H24F3N3O3. The first-order valence-corrected chi connectivity index (χ1v) is 10.4. The molecule has 31 heavy (non-hydrogen) atoms. The topological polar surface area (TPSA) is 65.4 Å². The molecule has 0 saturated heterocycles. The number of hydrogen-bond donors (Lipinski definition) is 1. The predicted octanol–water partition coefficient (Wildman–Crippen LogP) is 3.69. The lowest BCUT2D eigenvalue weighted by molar-refractivity contribution is -0.357. The van der Waals surface area contributed by atoms with E-state index in [0.29, 0.717) is 0 Å². The lowest BCUT2D eigenvalue weighted by atomic mass is 9.44. The number of alkyl halides is 3. The molecule has 1 N–H and O–H groups in total. The maximum atomic E-state index is 12.2. The van der Waals surface area contributed by atoms with Crippen LogP contribution in [0, 0.1) is 6.92 Å². The molecule has 1 amide bonds. The summed E-state index contributed by atoms with van der Waals surface area (Å²) in [6.07, 6.45) is 0.933. The van der Waals surface area contributed by atoms with Gasteiger partial charge in [0.2, 0.25) is 5.91 Å². The summed E-state index contributed by atoms with van der Waals surface area (Å²) in [7, 11) is 0. The Hall–Kier alpha value is -2.39. The van der Waals surface area contributed by atoms with E-state index in [-0.39, 0.29) is 42.5 Å². The lowest BCUT2D eigenvalue weighted by Gasteiger charge is -2.70.